The third kappa shape index (κ3) is 0.625. The van der Waals surface area contributed by atoms with E-state index in [1.807, 2.05) is 0 Å². The highest BCUT2D eigenvalue weighted by Gasteiger charge is 1.99. The van der Waals surface area contributed by atoms with E-state index in [-0.39, 0.29) is 5.96 Å². The second kappa shape index (κ2) is 1.57. The first-order chi connectivity index (χ1) is 3.80. The van der Waals surface area contributed by atoms with E-state index in [2.05, 4.69) is 15.5 Å². The summed E-state index contributed by atoms with van der Waals surface area (Å²) in [7, 11) is 0. The Balaban J connectivity index is 2.93. The second-order valence-corrected chi connectivity index (χ2v) is 1.18. The molecule has 1 rings (SSSR count). The molecule has 0 aliphatic heterocycles. The normalized spacial score (nSPS) is 9.00. The molecule has 0 spiro atoms. The van der Waals surface area contributed by atoms with Gasteiger partial charge in [0.05, 0.1) is 0 Å². The Morgan fingerprint density at radius 2 is 2.50 bits per heavy atom. The molecule has 1 aromatic rings. The molecule has 4 N–H and O–H groups in total. The molecule has 0 aliphatic carbocycles. The summed E-state index contributed by atoms with van der Waals surface area (Å²) in [6, 6.07) is 0. The summed E-state index contributed by atoms with van der Waals surface area (Å²) >= 11 is 0. The van der Waals surface area contributed by atoms with Crippen LogP contribution in [0.5, 0.6) is 0 Å². The predicted molar refractivity (Wildman–Crippen MR) is 24.3 cm³/mol. The maximum atomic E-state index is 5.07. The Labute approximate surface area is 44.8 Å². The summed E-state index contributed by atoms with van der Waals surface area (Å²) in [4.78, 5) is 0. The fraction of sp³-hybridized carbons (Fsp3) is 0. The molecule has 42 valence electrons. The number of aromatic nitrogens is 4. The van der Waals surface area contributed by atoms with Gasteiger partial charge in [0.2, 0.25) is 6.33 Å². The van der Waals surface area contributed by atoms with E-state index in [9.17, 15) is 0 Å². The van der Waals surface area contributed by atoms with Gasteiger partial charge in [-0.3, -0.25) is 11.1 Å². The fourth-order valence-electron chi connectivity index (χ4n) is 0.280. The Bertz CT molecular complexity index is 174. The minimum Gasteiger partial charge on any atom is -0.289 e. The molecule has 8 heavy (non-hydrogen) atoms. The molecule has 6 nitrogen and oxygen atoms in total. The third-order valence-electron chi connectivity index (χ3n) is 0.614. The van der Waals surface area contributed by atoms with Crippen LogP contribution in [-0.4, -0.2) is 26.2 Å². The van der Waals surface area contributed by atoms with Gasteiger partial charge in [0.15, 0.2) is 0 Å². The molecular weight excluding hydrogens is 108 g/mol. The van der Waals surface area contributed by atoms with Gasteiger partial charge in [0.1, 0.15) is 0 Å². The van der Waals surface area contributed by atoms with Gasteiger partial charge in [0.25, 0.3) is 0 Å². The molecule has 1 heterocycles. The van der Waals surface area contributed by atoms with Crippen molar-refractivity contribution in [3.63, 3.8) is 0 Å². The number of tetrazole rings is 1. The Hall–Kier alpha value is -1.46. The van der Waals surface area contributed by atoms with Crippen molar-refractivity contribution >= 4 is 5.96 Å². The SMILES string of the molecule is NC(=[NH2+])n1cnnn1. The smallest absolute Gasteiger partial charge is 0.289 e. The topological polar surface area (TPSA) is 95.2 Å². The summed E-state index contributed by atoms with van der Waals surface area (Å²) in [6.45, 7) is 0. The average Bonchev–Trinajstić information content (AvgIpc) is 2.12. The monoisotopic (exact) mass is 113 g/mol. The van der Waals surface area contributed by atoms with E-state index >= 15 is 0 Å². The van der Waals surface area contributed by atoms with Crippen LogP contribution in [0.2, 0.25) is 0 Å². The highest BCUT2D eigenvalue weighted by molar-refractivity contribution is 5.72. The molecule has 0 saturated carbocycles. The Morgan fingerprint density at radius 1 is 1.75 bits per heavy atom. The molecule has 0 saturated heterocycles. The molecule has 0 aromatic carbocycles. The van der Waals surface area contributed by atoms with Crippen LogP contribution in [0.4, 0.5) is 0 Å². The molecule has 0 radical (unpaired) electrons. The zero-order valence-corrected chi connectivity index (χ0v) is 4.02. The highest BCUT2D eigenvalue weighted by atomic mass is 15.5. The molecule has 0 atom stereocenters. The van der Waals surface area contributed by atoms with Gasteiger partial charge in [0, 0.05) is 5.21 Å². The lowest BCUT2D eigenvalue weighted by molar-refractivity contribution is -0.120. The average molecular weight is 113 g/mol. The summed E-state index contributed by atoms with van der Waals surface area (Å²) in [5.41, 5.74) is 5.07. The number of rotatable bonds is 0. The van der Waals surface area contributed by atoms with Crippen molar-refractivity contribution in [1.82, 2.24) is 20.2 Å². The van der Waals surface area contributed by atoms with Crippen LogP contribution in [0.1, 0.15) is 0 Å². The quantitative estimate of drug-likeness (QED) is 0.271. The minimum atomic E-state index is 0.0648. The molecule has 0 unspecified atom stereocenters. The van der Waals surface area contributed by atoms with Crippen LogP contribution >= 0.6 is 0 Å². The molecule has 1 aromatic heterocycles. The van der Waals surface area contributed by atoms with Crippen molar-refractivity contribution in [2.75, 3.05) is 0 Å². The van der Waals surface area contributed by atoms with Gasteiger partial charge in [-0.05, 0) is 5.21 Å². The van der Waals surface area contributed by atoms with E-state index in [1.165, 1.54) is 11.0 Å². The summed E-state index contributed by atoms with van der Waals surface area (Å²) in [6.07, 6.45) is 1.31. The first-order valence-corrected chi connectivity index (χ1v) is 1.92. The van der Waals surface area contributed by atoms with Gasteiger partial charge in [-0.15, -0.1) is 0 Å². The molecule has 0 aliphatic rings. The predicted octanol–water partition coefficient (Wildman–Crippen LogP) is -3.41. The zero-order chi connectivity index (χ0) is 5.98. The van der Waals surface area contributed by atoms with E-state index in [0.717, 1.165) is 0 Å². The van der Waals surface area contributed by atoms with Crippen LogP contribution in [0.15, 0.2) is 6.33 Å². The van der Waals surface area contributed by atoms with Crippen molar-refractivity contribution in [1.29, 1.82) is 0 Å². The van der Waals surface area contributed by atoms with Crippen molar-refractivity contribution in [2.45, 2.75) is 0 Å². The number of nitrogens with zero attached hydrogens (tertiary/aromatic N) is 4. The van der Waals surface area contributed by atoms with Crippen LogP contribution in [-0.2, 0) is 0 Å². The van der Waals surface area contributed by atoms with Crippen LogP contribution in [0.3, 0.4) is 0 Å². The first kappa shape index (κ1) is 4.69. The summed E-state index contributed by atoms with van der Waals surface area (Å²) in [5.74, 6) is 0.0648. The maximum absolute atomic E-state index is 5.07. The van der Waals surface area contributed by atoms with Gasteiger partial charge < -0.3 is 0 Å². The lowest BCUT2D eigenvalue weighted by atomic mass is 11.0. The van der Waals surface area contributed by atoms with E-state index in [1.54, 1.807) is 0 Å². The fourth-order valence-corrected chi connectivity index (χ4v) is 0.280. The van der Waals surface area contributed by atoms with Gasteiger partial charge >= 0.3 is 5.96 Å². The van der Waals surface area contributed by atoms with Gasteiger partial charge in [-0.1, -0.05) is 9.78 Å². The molecule has 0 fully saturated rings. The number of hydrogen-bond acceptors (Lipinski definition) is 3. The minimum absolute atomic E-state index is 0.0648. The van der Waals surface area contributed by atoms with Crippen molar-refractivity contribution in [2.24, 2.45) is 5.73 Å². The molecular formula is C2H5N6+. The van der Waals surface area contributed by atoms with Crippen molar-refractivity contribution < 1.29 is 5.41 Å². The first-order valence-electron chi connectivity index (χ1n) is 1.92. The van der Waals surface area contributed by atoms with Crippen LogP contribution < -0.4 is 11.1 Å². The summed E-state index contributed by atoms with van der Waals surface area (Å²) in [5, 5.41) is 15.0. The lowest BCUT2D eigenvalue weighted by Gasteiger charge is -1.77. The number of nitrogens with two attached hydrogens (primary N) is 2. The molecule has 6 heteroatoms. The third-order valence-corrected chi connectivity index (χ3v) is 0.614. The Kier molecular flexibility index (Phi) is 0.918. The van der Waals surface area contributed by atoms with Crippen LogP contribution in [0, 0.1) is 0 Å². The number of hydrogen-bond donors (Lipinski definition) is 2. The standard InChI is InChI=1S/C2H4N6/c3-2(4)8-1-5-6-7-8/h1H,(H3,3,4)/p+1. The molecule has 0 bridgehead atoms. The van der Waals surface area contributed by atoms with E-state index in [4.69, 9.17) is 11.1 Å². The van der Waals surface area contributed by atoms with Crippen molar-refractivity contribution in [3.05, 3.63) is 6.33 Å². The maximum Gasteiger partial charge on any atom is 0.372 e. The van der Waals surface area contributed by atoms with E-state index in [0.29, 0.717) is 0 Å². The van der Waals surface area contributed by atoms with Gasteiger partial charge in [-0.2, -0.15) is 0 Å². The van der Waals surface area contributed by atoms with Crippen molar-refractivity contribution in [3.8, 4) is 0 Å². The Morgan fingerprint density at radius 3 is 2.75 bits per heavy atom. The van der Waals surface area contributed by atoms with Crippen LogP contribution in [0.25, 0.3) is 0 Å². The molecule has 0 amide bonds. The van der Waals surface area contributed by atoms with E-state index < -0.39 is 0 Å². The zero-order valence-electron chi connectivity index (χ0n) is 4.02. The van der Waals surface area contributed by atoms with Gasteiger partial charge in [-0.25, -0.2) is 0 Å². The second-order valence-electron chi connectivity index (χ2n) is 1.18. The largest absolute Gasteiger partial charge is 0.372 e. The summed E-state index contributed by atoms with van der Waals surface area (Å²) < 4.78 is 1.17. The highest BCUT2D eigenvalue weighted by Crippen LogP contribution is 1.63. The lowest BCUT2D eigenvalue weighted by Crippen LogP contribution is -2.50.